The lowest BCUT2D eigenvalue weighted by Crippen LogP contribution is -2.24. The van der Waals surface area contributed by atoms with Crippen LogP contribution >= 0.6 is 0 Å². The van der Waals surface area contributed by atoms with E-state index in [-0.39, 0.29) is 12.1 Å². The third kappa shape index (κ3) is 5.28. The van der Waals surface area contributed by atoms with Crippen molar-refractivity contribution >= 4 is 5.69 Å². The first-order chi connectivity index (χ1) is 12.2. The molecule has 25 heavy (non-hydrogen) atoms. The monoisotopic (exact) mass is 345 g/mol. The van der Waals surface area contributed by atoms with Crippen molar-refractivity contribution in [2.75, 3.05) is 18.5 Å². The summed E-state index contributed by atoms with van der Waals surface area (Å²) in [4.78, 5) is 4.37. The Kier molecular flexibility index (Phi) is 6.42. The second-order valence-corrected chi connectivity index (χ2v) is 6.47. The summed E-state index contributed by atoms with van der Waals surface area (Å²) in [5.74, 6) is 1.34. The Hall–Kier alpha value is -1.92. The smallest absolute Gasteiger partial charge is 0.248 e. The molecule has 0 unspecified atom stereocenters. The number of rotatable bonds is 8. The van der Waals surface area contributed by atoms with Crippen molar-refractivity contribution in [1.82, 2.24) is 10.1 Å². The van der Waals surface area contributed by atoms with E-state index in [9.17, 15) is 0 Å². The Morgan fingerprint density at radius 2 is 2.28 bits per heavy atom. The Morgan fingerprint density at radius 3 is 3.04 bits per heavy atom. The van der Waals surface area contributed by atoms with Crippen LogP contribution in [0.1, 0.15) is 56.4 Å². The second kappa shape index (κ2) is 8.97. The Balaban J connectivity index is 1.50. The molecule has 1 aromatic heterocycles. The predicted octanol–water partition coefficient (Wildman–Crippen LogP) is 3.89. The first kappa shape index (κ1) is 17.9. The van der Waals surface area contributed by atoms with Crippen LogP contribution in [0.4, 0.5) is 5.69 Å². The fourth-order valence-electron chi connectivity index (χ4n) is 2.90. The molecule has 1 N–H and O–H groups in total. The van der Waals surface area contributed by atoms with E-state index in [0.717, 1.165) is 36.5 Å². The fourth-order valence-corrected chi connectivity index (χ4v) is 2.90. The molecule has 1 saturated heterocycles. The van der Waals surface area contributed by atoms with E-state index < -0.39 is 0 Å². The molecule has 6 heteroatoms. The number of benzene rings is 1. The van der Waals surface area contributed by atoms with E-state index in [1.807, 2.05) is 26.0 Å². The molecular formula is C19H27N3O3. The SMILES string of the molecule is CCc1noc([C@@H](C)Nc2cccc(COC[C@@H]3CCCCO3)c2)n1. The first-order valence-corrected chi connectivity index (χ1v) is 9.12. The van der Waals surface area contributed by atoms with Crippen LogP contribution in [0, 0.1) is 0 Å². The molecule has 136 valence electrons. The number of aromatic nitrogens is 2. The van der Waals surface area contributed by atoms with Crippen LogP contribution in [-0.4, -0.2) is 29.5 Å². The van der Waals surface area contributed by atoms with Crippen molar-refractivity contribution in [3.8, 4) is 0 Å². The number of ether oxygens (including phenoxy) is 2. The molecule has 0 saturated carbocycles. The number of aryl methyl sites for hydroxylation is 1. The molecule has 0 spiro atoms. The van der Waals surface area contributed by atoms with E-state index in [4.69, 9.17) is 14.0 Å². The summed E-state index contributed by atoms with van der Waals surface area (Å²) in [6.45, 7) is 6.13. The topological polar surface area (TPSA) is 69.4 Å². The third-order valence-corrected chi connectivity index (χ3v) is 4.33. The van der Waals surface area contributed by atoms with Gasteiger partial charge in [-0.25, -0.2) is 0 Å². The summed E-state index contributed by atoms with van der Waals surface area (Å²) in [6, 6.07) is 8.17. The molecule has 3 rings (SSSR count). The minimum absolute atomic E-state index is 0.0420. The number of hydrogen-bond acceptors (Lipinski definition) is 6. The normalized spacial score (nSPS) is 18.9. The van der Waals surface area contributed by atoms with Crippen LogP contribution in [0.15, 0.2) is 28.8 Å². The predicted molar refractivity (Wildman–Crippen MR) is 95.4 cm³/mol. The Bertz CT molecular complexity index is 653. The standard InChI is InChI=1S/C19H27N3O3/c1-3-18-21-19(25-22-18)14(2)20-16-8-6-7-15(11-16)12-23-13-17-9-4-5-10-24-17/h6-8,11,14,17,20H,3-5,9-10,12-13H2,1-2H3/t14-,17+/m1/s1. The largest absolute Gasteiger partial charge is 0.376 e. The van der Waals surface area contributed by atoms with Crippen LogP contribution in [-0.2, 0) is 22.5 Å². The van der Waals surface area contributed by atoms with Gasteiger partial charge in [0, 0.05) is 18.7 Å². The lowest BCUT2D eigenvalue weighted by Gasteiger charge is -2.22. The molecular weight excluding hydrogens is 318 g/mol. The number of anilines is 1. The highest BCUT2D eigenvalue weighted by Gasteiger charge is 2.15. The fraction of sp³-hybridized carbons (Fsp3) is 0.579. The summed E-state index contributed by atoms with van der Waals surface area (Å²) in [5, 5.41) is 7.34. The van der Waals surface area contributed by atoms with Crippen LogP contribution in [0.5, 0.6) is 0 Å². The van der Waals surface area contributed by atoms with Crippen molar-refractivity contribution in [1.29, 1.82) is 0 Å². The van der Waals surface area contributed by atoms with E-state index in [0.29, 0.717) is 19.1 Å². The van der Waals surface area contributed by atoms with Crippen molar-refractivity contribution in [2.45, 2.75) is 58.3 Å². The first-order valence-electron chi connectivity index (χ1n) is 9.12. The molecule has 2 aromatic rings. The summed E-state index contributed by atoms with van der Waals surface area (Å²) in [7, 11) is 0. The van der Waals surface area contributed by atoms with Crippen molar-refractivity contribution in [3.63, 3.8) is 0 Å². The molecule has 2 heterocycles. The molecule has 1 aliphatic heterocycles. The van der Waals surface area contributed by atoms with Gasteiger partial charge in [0.25, 0.3) is 0 Å². The highest BCUT2D eigenvalue weighted by molar-refractivity contribution is 5.46. The molecule has 1 aromatic carbocycles. The molecule has 0 aliphatic carbocycles. The summed E-state index contributed by atoms with van der Waals surface area (Å²) >= 11 is 0. The molecule has 0 bridgehead atoms. The average Bonchev–Trinajstić information content (AvgIpc) is 3.12. The van der Waals surface area contributed by atoms with Gasteiger partial charge < -0.3 is 19.3 Å². The average molecular weight is 345 g/mol. The number of nitrogens with zero attached hydrogens (tertiary/aromatic N) is 2. The highest BCUT2D eigenvalue weighted by Crippen LogP contribution is 2.20. The van der Waals surface area contributed by atoms with Gasteiger partial charge in [-0.3, -0.25) is 0 Å². The maximum Gasteiger partial charge on any atom is 0.248 e. The van der Waals surface area contributed by atoms with E-state index in [1.54, 1.807) is 0 Å². The van der Waals surface area contributed by atoms with Gasteiger partial charge in [0.2, 0.25) is 5.89 Å². The molecule has 1 aliphatic rings. The van der Waals surface area contributed by atoms with E-state index in [1.165, 1.54) is 12.8 Å². The molecule has 2 atom stereocenters. The van der Waals surface area contributed by atoms with Gasteiger partial charge >= 0.3 is 0 Å². The van der Waals surface area contributed by atoms with Gasteiger partial charge in [-0.15, -0.1) is 0 Å². The van der Waals surface area contributed by atoms with E-state index >= 15 is 0 Å². The Morgan fingerprint density at radius 1 is 1.36 bits per heavy atom. The zero-order valence-electron chi connectivity index (χ0n) is 15.0. The van der Waals surface area contributed by atoms with Crippen molar-refractivity contribution in [2.24, 2.45) is 0 Å². The van der Waals surface area contributed by atoms with Gasteiger partial charge in [0.1, 0.15) is 6.04 Å². The number of nitrogens with one attached hydrogen (secondary N) is 1. The van der Waals surface area contributed by atoms with Crippen molar-refractivity contribution in [3.05, 3.63) is 41.5 Å². The maximum atomic E-state index is 5.83. The van der Waals surface area contributed by atoms with Gasteiger partial charge in [-0.05, 0) is 43.9 Å². The number of hydrogen-bond donors (Lipinski definition) is 1. The highest BCUT2D eigenvalue weighted by atomic mass is 16.5. The lowest BCUT2D eigenvalue weighted by molar-refractivity contribution is -0.0447. The van der Waals surface area contributed by atoms with Crippen LogP contribution < -0.4 is 5.32 Å². The molecule has 0 amide bonds. The minimum Gasteiger partial charge on any atom is -0.376 e. The molecule has 1 fully saturated rings. The van der Waals surface area contributed by atoms with Gasteiger partial charge in [0.05, 0.1) is 19.3 Å². The van der Waals surface area contributed by atoms with Gasteiger partial charge in [0.15, 0.2) is 5.82 Å². The third-order valence-electron chi connectivity index (χ3n) is 4.33. The quantitative estimate of drug-likeness (QED) is 0.783. The minimum atomic E-state index is -0.0420. The van der Waals surface area contributed by atoms with E-state index in [2.05, 4.69) is 27.6 Å². The van der Waals surface area contributed by atoms with Gasteiger partial charge in [-0.2, -0.15) is 4.98 Å². The Labute approximate surface area is 148 Å². The van der Waals surface area contributed by atoms with Gasteiger partial charge in [-0.1, -0.05) is 24.2 Å². The van der Waals surface area contributed by atoms with Crippen LogP contribution in [0.3, 0.4) is 0 Å². The summed E-state index contributed by atoms with van der Waals surface area (Å²) in [6.07, 6.45) is 4.53. The zero-order valence-corrected chi connectivity index (χ0v) is 15.0. The summed E-state index contributed by atoms with van der Waals surface area (Å²) in [5.41, 5.74) is 2.14. The lowest BCUT2D eigenvalue weighted by atomic mass is 10.1. The second-order valence-electron chi connectivity index (χ2n) is 6.47. The summed E-state index contributed by atoms with van der Waals surface area (Å²) < 4.78 is 16.8. The molecule has 0 radical (unpaired) electrons. The van der Waals surface area contributed by atoms with Crippen LogP contribution in [0.2, 0.25) is 0 Å². The zero-order chi connectivity index (χ0) is 17.5. The van der Waals surface area contributed by atoms with Crippen molar-refractivity contribution < 1.29 is 14.0 Å². The van der Waals surface area contributed by atoms with Crippen LogP contribution in [0.25, 0.3) is 0 Å². The maximum absolute atomic E-state index is 5.83. The molecule has 6 nitrogen and oxygen atoms in total.